The van der Waals surface area contributed by atoms with Crippen molar-refractivity contribution in [2.45, 2.75) is 44.9 Å². The minimum Gasteiger partial charge on any atom is -0.435 e. The zero-order valence-corrected chi connectivity index (χ0v) is 10.8. The van der Waals surface area contributed by atoms with Crippen LogP contribution in [0.2, 0.25) is 0 Å². The summed E-state index contributed by atoms with van der Waals surface area (Å²) < 4.78 is 28.4. The van der Waals surface area contributed by atoms with Gasteiger partial charge in [-0.15, -0.1) is 0 Å². The van der Waals surface area contributed by atoms with Crippen molar-refractivity contribution in [3.05, 3.63) is 29.8 Å². The highest BCUT2D eigenvalue weighted by molar-refractivity contribution is 5.27. The summed E-state index contributed by atoms with van der Waals surface area (Å²) in [7, 11) is 0. The molecule has 2 nitrogen and oxygen atoms in total. The number of hydrogen-bond donors (Lipinski definition) is 1. The van der Waals surface area contributed by atoms with E-state index in [2.05, 4.69) is 10.1 Å². The lowest BCUT2D eigenvalue weighted by Gasteiger charge is -2.23. The first-order valence-corrected chi connectivity index (χ1v) is 6.98. The third-order valence-corrected chi connectivity index (χ3v) is 4.45. The summed E-state index contributed by atoms with van der Waals surface area (Å²) in [5, 5.41) is 3.60. The monoisotopic (exact) mass is 267 g/mol. The van der Waals surface area contributed by atoms with Crippen LogP contribution in [0.3, 0.4) is 0 Å². The van der Waals surface area contributed by atoms with E-state index >= 15 is 0 Å². The van der Waals surface area contributed by atoms with Crippen LogP contribution in [0.4, 0.5) is 8.78 Å². The van der Waals surface area contributed by atoms with Crippen molar-refractivity contribution in [1.29, 1.82) is 0 Å². The first-order valence-electron chi connectivity index (χ1n) is 6.98. The highest BCUT2D eigenvalue weighted by Gasteiger charge is 2.38. The summed E-state index contributed by atoms with van der Waals surface area (Å²) in [6.07, 6.45) is 5.46. The Hall–Kier alpha value is -1.16. The maximum absolute atomic E-state index is 12.0. The fourth-order valence-corrected chi connectivity index (χ4v) is 3.53. The maximum Gasteiger partial charge on any atom is 0.387 e. The number of hydrogen-bond acceptors (Lipinski definition) is 2. The zero-order valence-electron chi connectivity index (χ0n) is 10.8. The number of fused-ring (bicyclic) bond motifs is 2. The predicted octanol–water partition coefficient (Wildman–Crippen LogP) is 3.57. The molecule has 2 fully saturated rings. The van der Waals surface area contributed by atoms with Crippen molar-refractivity contribution in [1.82, 2.24) is 5.32 Å². The average Bonchev–Trinajstić information content (AvgIpc) is 2.99. The molecule has 1 aromatic carbocycles. The second kappa shape index (κ2) is 5.45. The Bertz CT molecular complexity index is 421. The Labute approximate surface area is 112 Å². The molecule has 4 heteroatoms. The highest BCUT2D eigenvalue weighted by atomic mass is 19.3. The van der Waals surface area contributed by atoms with Gasteiger partial charge in [-0.25, -0.2) is 0 Å². The number of rotatable bonds is 5. The molecule has 2 bridgehead atoms. The van der Waals surface area contributed by atoms with E-state index in [1.165, 1.54) is 25.7 Å². The van der Waals surface area contributed by atoms with Gasteiger partial charge < -0.3 is 10.1 Å². The molecule has 3 unspecified atom stereocenters. The summed E-state index contributed by atoms with van der Waals surface area (Å²) >= 11 is 0. The smallest absolute Gasteiger partial charge is 0.387 e. The van der Waals surface area contributed by atoms with E-state index in [1.54, 1.807) is 12.1 Å². The van der Waals surface area contributed by atoms with Crippen LogP contribution in [0.5, 0.6) is 5.75 Å². The van der Waals surface area contributed by atoms with Crippen LogP contribution >= 0.6 is 0 Å². The topological polar surface area (TPSA) is 21.3 Å². The van der Waals surface area contributed by atoms with Gasteiger partial charge in [-0.3, -0.25) is 0 Å². The molecular formula is C15H19F2NO. The lowest BCUT2D eigenvalue weighted by atomic mass is 9.95. The Morgan fingerprint density at radius 2 is 1.95 bits per heavy atom. The second-order valence-electron chi connectivity index (χ2n) is 5.68. The third kappa shape index (κ3) is 3.06. The van der Waals surface area contributed by atoms with Crippen LogP contribution in [-0.4, -0.2) is 12.7 Å². The minimum absolute atomic E-state index is 0.221. The van der Waals surface area contributed by atoms with Gasteiger partial charge in [-0.05, 0) is 48.8 Å². The fourth-order valence-electron chi connectivity index (χ4n) is 3.53. The van der Waals surface area contributed by atoms with Crippen molar-refractivity contribution in [2.75, 3.05) is 0 Å². The first-order chi connectivity index (χ1) is 9.20. The van der Waals surface area contributed by atoms with E-state index in [0.717, 1.165) is 23.9 Å². The molecule has 2 aliphatic rings. The summed E-state index contributed by atoms with van der Waals surface area (Å²) in [5.41, 5.74) is 1.12. The fraction of sp³-hybridized carbons (Fsp3) is 0.600. The number of benzene rings is 1. The largest absolute Gasteiger partial charge is 0.435 e. The standard InChI is InChI=1S/C15H19F2NO/c16-15(17)19-13-5-2-10(3-6-13)9-18-14-8-11-1-4-12(14)7-11/h2-3,5-6,11-12,14-15,18H,1,4,7-9H2. The summed E-state index contributed by atoms with van der Waals surface area (Å²) in [5.74, 6) is 2.01. The molecule has 0 aliphatic heterocycles. The van der Waals surface area contributed by atoms with Crippen molar-refractivity contribution in [2.24, 2.45) is 11.8 Å². The van der Waals surface area contributed by atoms with Crippen LogP contribution in [0.1, 0.15) is 31.2 Å². The Morgan fingerprint density at radius 1 is 1.16 bits per heavy atom. The molecule has 0 amide bonds. The van der Waals surface area contributed by atoms with E-state index in [4.69, 9.17) is 0 Å². The van der Waals surface area contributed by atoms with Crippen molar-refractivity contribution in [3.63, 3.8) is 0 Å². The summed E-state index contributed by atoms with van der Waals surface area (Å²) in [4.78, 5) is 0. The van der Waals surface area contributed by atoms with Gasteiger partial charge in [0.25, 0.3) is 0 Å². The van der Waals surface area contributed by atoms with Crippen molar-refractivity contribution >= 4 is 0 Å². The highest BCUT2D eigenvalue weighted by Crippen LogP contribution is 2.44. The molecular weight excluding hydrogens is 248 g/mol. The van der Waals surface area contributed by atoms with Crippen LogP contribution in [-0.2, 0) is 6.54 Å². The molecule has 2 saturated carbocycles. The quantitative estimate of drug-likeness (QED) is 0.880. The number of nitrogens with one attached hydrogen (secondary N) is 1. The number of halogens is 2. The lowest BCUT2D eigenvalue weighted by molar-refractivity contribution is -0.0498. The number of ether oxygens (including phenoxy) is 1. The molecule has 0 aromatic heterocycles. The van der Waals surface area contributed by atoms with Gasteiger partial charge in [0, 0.05) is 12.6 Å². The van der Waals surface area contributed by atoms with E-state index in [-0.39, 0.29) is 5.75 Å². The van der Waals surface area contributed by atoms with Gasteiger partial charge in [-0.1, -0.05) is 18.6 Å². The molecule has 0 heterocycles. The Balaban J connectivity index is 1.50. The summed E-state index contributed by atoms with van der Waals surface area (Å²) in [6, 6.07) is 7.54. The number of alkyl halides is 2. The van der Waals surface area contributed by atoms with Gasteiger partial charge in [0.2, 0.25) is 0 Å². The predicted molar refractivity (Wildman–Crippen MR) is 69.1 cm³/mol. The van der Waals surface area contributed by atoms with Gasteiger partial charge in [0.15, 0.2) is 0 Å². The Morgan fingerprint density at radius 3 is 2.53 bits per heavy atom. The van der Waals surface area contributed by atoms with E-state index in [1.807, 2.05) is 12.1 Å². The third-order valence-electron chi connectivity index (χ3n) is 4.45. The molecule has 0 radical (unpaired) electrons. The van der Waals surface area contributed by atoms with Gasteiger partial charge in [-0.2, -0.15) is 8.78 Å². The van der Waals surface area contributed by atoms with Gasteiger partial charge in [0.1, 0.15) is 5.75 Å². The molecule has 0 spiro atoms. The SMILES string of the molecule is FC(F)Oc1ccc(CNC2CC3CCC2C3)cc1. The first kappa shape index (κ1) is 12.9. The molecule has 104 valence electrons. The van der Waals surface area contributed by atoms with Crippen LogP contribution < -0.4 is 10.1 Å². The normalized spacial score (nSPS) is 29.1. The van der Waals surface area contributed by atoms with E-state index in [9.17, 15) is 8.78 Å². The molecule has 0 saturated heterocycles. The second-order valence-corrected chi connectivity index (χ2v) is 5.68. The molecule has 1 N–H and O–H groups in total. The molecule has 3 atom stereocenters. The van der Waals surface area contributed by atoms with Crippen molar-refractivity contribution in [3.8, 4) is 5.75 Å². The van der Waals surface area contributed by atoms with Gasteiger partial charge in [0.05, 0.1) is 0 Å². The van der Waals surface area contributed by atoms with E-state index < -0.39 is 6.61 Å². The van der Waals surface area contributed by atoms with Crippen LogP contribution in [0.25, 0.3) is 0 Å². The Kier molecular flexibility index (Phi) is 3.69. The average molecular weight is 267 g/mol. The molecule has 2 aliphatic carbocycles. The molecule has 1 aromatic rings. The van der Waals surface area contributed by atoms with Crippen LogP contribution in [0.15, 0.2) is 24.3 Å². The molecule has 3 rings (SSSR count). The van der Waals surface area contributed by atoms with Crippen molar-refractivity contribution < 1.29 is 13.5 Å². The maximum atomic E-state index is 12.0. The van der Waals surface area contributed by atoms with Crippen LogP contribution in [0, 0.1) is 11.8 Å². The summed E-state index contributed by atoms with van der Waals surface area (Å²) in [6.45, 7) is -1.94. The van der Waals surface area contributed by atoms with E-state index in [0.29, 0.717) is 6.04 Å². The van der Waals surface area contributed by atoms with Gasteiger partial charge >= 0.3 is 6.61 Å². The lowest BCUT2D eigenvalue weighted by Crippen LogP contribution is -2.33. The zero-order chi connectivity index (χ0) is 13.2. The minimum atomic E-state index is -2.75. The molecule has 19 heavy (non-hydrogen) atoms.